The highest BCUT2D eigenvalue weighted by molar-refractivity contribution is 5.94. The van der Waals surface area contributed by atoms with Crippen LogP contribution in [0.5, 0.6) is 0 Å². The van der Waals surface area contributed by atoms with Crippen molar-refractivity contribution in [1.82, 2.24) is 9.55 Å². The van der Waals surface area contributed by atoms with Crippen molar-refractivity contribution in [2.45, 2.75) is 32.9 Å². The number of aromatic nitrogens is 2. The van der Waals surface area contributed by atoms with Crippen molar-refractivity contribution in [3.8, 4) is 0 Å². The van der Waals surface area contributed by atoms with Gasteiger partial charge >= 0.3 is 5.97 Å². The Labute approximate surface area is 203 Å². The summed E-state index contributed by atoms with van der Waals surface area (Å²) in [4.78, 5) is 32.3. The first-order valence-corrected chi connectivity index (χ1v) is 11.8. The van der Waals surface area contributed by atoms with Gasteiger partial charge in [0.2, 0.25) is 5.95 Å². The number of nitrogens with zero attached hydrogens (tertiary/aromatic N) is 3. The van der Waals surface area contributed by atoms with Crippen LogP contribution in [0.4, 0.5) is 11.6 Å². The van der Waals surface area contributed by atoms with Crippen molar-refractivity contribution in [3.63, 3.8) is 0 Å². The molecular weight excluding hydrogens is 440 g/mol. The smallest absolute Gasteiger partial charge is 0.337 e. The quantitative estimate of drug-likeness (QED) is 0.442. The Hall–Kier alpha value is -4.13. The van der Waals surface area contributed by atoms with Crippen LogP contribution in [0.1, 0.15) is 45.6 Å². The fraction of sp³-hybridized carbons (Fsp3) is 0.250. The number of carboxylic acids is 1. The van der Waals surface area contributed by atoms with Gasteiger partial charge in [-0.3, -0.25) is 9.36 Å². The number of aryl methyl sites for hydroxylation is 1. The summed E-state index contributed by atoms with van der Waals surface area (Å²) in [5.74, 6) is -0.352. The molecular formula is C28H28N4O3. The average Bonchev–Trinajstić information content (AvgIpc) is 2.86. The highest BCUT2D eigenvalue weighted by Gasteiger charge is 2.23. The number of nitrogens with one attached hydrogen (secondary N) is 1. The molecule has 4 aromatic rings. The number of hydrogen-bond donors (Lipinski definition) is 2. The Kier molecular flexibility index (Phi) is 5.76. The predicted molar refractivity (Wildman–Crippen MR) is 138 cm³/mol. The van der Waals surface area contributed by atoms with Gasteiger partial charge in [0.15, 0.2) is 0 Å². The van der Waals surface area contributed by atoms with Crippen LogP contribution >= 0.6 is 0 Å². The minimum Gasteiger partial charge on any atom is -0.478 e. The number of carboxylic acid groups (broad SMARTS) is 1. The summed E-state index contributed by atoms with van der Waals surface area (Å²) in [6.45, 7) is 5.39. The van der Waals surface area contributed by atoms with Crippen molar-refractivity contribution in [1.29, 1.82) is 0 Å². The van der Waals surface area contributed by atoms with Gasteiger partial charge in [-0.2, -0.15) is 0 Å². The Morgan fingerprint density at radius 3 is 2.57 bits per heavy atom. The molecule has 1 atom stereocenters. The highest BCUT2D eigenvalue weighted by Crippen LogP contribution is 2.30. The normalized spacial score (nSPS) is 14.0. The Bertz CT molecular complexity index is 1510. The highest BCUT2D eigenvalue weighted by atomic mass is 16.4. The molecule has 178 valence electrons. The minimum absolute atomic E-state index is 0.0908. The van der Waals surface area contributed by atoms with E-state index in [1.165, 1.54) is 11.1 Å². The number of fused-ring (bicyclic) bond motifs is 2. The number of benzene rings is 3. The monoisotopic (exact) mass is 468 g/mol. The first-order chi connectivity index (χ1) is 16.8. The number of anilines is 2. The van der Waals surface area contributed by atoms with E-state index in [1.54, 1.807) is 35.9 Å². The van der Waals surface area contributed by atoms with Crippen LogP contribution in [0.15, 0.2) is 65.5 Å². The summed E-state index contributed by atoms with van der Waals surface area (Å²) in [5.41, 5.74) is 5.67. The molecule has 0 fully saturated rings. The molecule has 2 heterocycles. The predicted octanol–water partition coefficient (Wildman–Crippen LogP) is 4.68. The zero-order valence-electron chi connectivity index (χ0n) is 20.1. The van der Waals surface area contributed by atoms with E-state index in [0.29, 0.717) is 29.1 Å². The van der Waals surface area contributed by atoms with Crippen LogP contribution in [0.2, 0.25) is 0 Å². The van der Waals surface area contributed by atoms with E-state index in [9.17, 15) is 14.7 Å². The van der Waals surface area contributed by atoms with Crippen LogP contribution in [-0.4, -0.2) is 27.2 Å². The molecule has 35 heavy (non-hydrogen) atoms. The van der Waals surface area contributed by atoms with Crippen LogP contribution in [0, 0.1) is 6.92 Å². The van der Waals surface area contributed by atoms with E-state index < -0.39 is 5.97 Å². The van der Waals surface area contributed by atoms with Gasteiger partial charge in [-0.25, -0.2) is 9.78 Å². The Morgan fingerprint density at radius 2 is 1.80 bits per heavy atom. The lowest BCUT2D eigenvalue weighted by Gasteiger charge is -2.31. The molecule has 3 aromatic carbocycles. The second-order valence-corrected chi connectivity index (χ2v) is 9.18. The Morgan fingerprint density at radius 1 is 1.09 bits per heavy atom. The van der Waals surface area contributed by atoms with Gasteiger partial charge in [0.05, 0.1) is 22.5 Å². The molecule has 1 unspecified atom stereocenters. The zero-order chi connectivity index (χ0) is 24.7. The summed E-state index contributed by atoms with van der Waals surface area (Å²) in [6.07, 6.45) is 0.898. The number of hydrogen-bond acceptors (Lipinski definition) is 5. The Balaban J connectivity index is 1.60. The number of para-hydroxylation sites is 1. The van der Waals surface area contributed by atoms with Crippen molar-refractivity contribution in [3.05, 3.63) is 98.8 Å². The first-order valence-electron chi connectivity index (χ1n) is 11.8. The van der Waals surface area contributed by atoms with Gasteiger partial charge in [-0.15, -0.1) is 0 Å². The molecule has 0 radical (unpaired) electrons. The molecule has 1 aromatic heterocycles. The van der Waals surface area contributed by atoms with Gasteiger partial charge in [-0.05, 0) is 55.2 Å². The molecule has 0 saturated carbocycles. The molecule has 2 N–H and O–H groups in total. The number of rotatable bonds is 5. The van der Waals surface area contributed by atoms with Gasteiger partial charge in [0.25, 0.3) is 5.56 Å². The van der Waals surface area contributed by atoms with Crippen molar-refractivity contribution in [2.75, 3.05) is 16.8 Å². The van der Waals surface area contributed by atoms with Gasteiger partial charge in [0, 0.05) is 31.4 Å². The molecule has 0 spiro atoms. The summed E-state index contributed by atoms with van der Waals surface area (Å²) in [7, 11) is 1.78. The lowest BCUT2D eigenvalue weighted by molar-refractivity contribution is 0.0698. The third-order valence-corrected chi connectivity index (χ3v) is 6.74. The SMILES string of the molecule is Cc1cc(C(C)Nc2ccccc2C(=O)O)c2nc(N3CCc4ccccc4C3)n(C)c(=O)c2c1. The van der Waals surface area contributed by atoms with Crippen molar-refractivity contribution < 1.29 is 9.90 Å². The molecule has 1 aliphatic heterocycles. The van der Waals surface area contributed by atoms with E-state index in [1.807, 2.05) is 32.0 Å². The second-order valence-electron chi connectivity index (χ2n) is 9.18. The number of carbonyl (C=O) groups is 1. The topological polar surface area (TPSA) is 87.5 Å². The van der Waals surface area contributed by atoms with Crippen molar-refractivity contribution >= 4 is 28.5 Å². The maximum absolute atomic E-state index is 13.5. The minimum atomic E-state index is -0.992. The van der Waals surface area contributed by atoms with E-state index in [-0.39, 0.29) is 17.2 Å². The molecule has 7 heteroatoms. The summed E-state index contributed by atoms with van der Waals surface area (Å²) in [5, 5.41) is 13.5. The second kappa shape index (κ2) is 8.91. The summed E-state index contributed by atoms with van der Waals surface area (Å²) in [6, 6.07) is 18.8. The average molecular weight is 469 g/mol. The fourth-order valence-electron chi connectivity index (χ4n) is 4.93. The third kappa shape index (κ3) is 4.14. The van der Waals surface area contributed by atoms with E-state index in [2.05, 4.69) is 28.4 Å². The lowest BCUT2D eigenvalue weighted by Crippen LogP contribution is -2.36. The van der Waals surface area contributed by atoms with Gasteiger partial charge in [-0.1, -0.05) is 42.5 Å². The third-order valence-electron chi connectivity index (χ3n) is 6.74. The molecule has 1 aliphatic rings. The van der Waals surface area contributed by atoms with Crippen molar-refractivity contribution in [2.24, 2.45) is 7.05 Å². The molecule has 0 bridgehead atoms. The summed E-state index contributed by atoms with van der Waals surface area (Å²) >= 11 is 0. The molecule has 0 aliphatic carbocycles. The van der Waals surface area contributed by atoms with E-state index in [4.69, 9.17) is 4.98 Å². The van der Waals surface area contributed by atoms with Crippen LogP contribution in [-0.2, 0) is 20.0 Å². The molecule has 0 amide bonds. The largest absolute Gasteiger partial charge is 0.478 e. The zero-order valence-corrected chi connectivity index (χ0v) is 20.1. The molecule has 5 rings (SSSR count). The van der Waals surface area contributed by atoms with Gasteiger partial charge in [0.1, 0.15) is 0 Å². The van der Waals surface area contributed by atoms with Crippen LogP contribution in [0.3, 0.4) is 0 Å². The van der Waals surface area contributed by atoms with Crippen LogP contribution in [0.25, 0.3) is 10.9 Å². The molecule has 0 saturated heterocycles. The summed E-state index contributed by atoms with van der Waals surface area (Å²) < 4.78 is 1.64. The maximum atomic E-state index is 13.5. The first kappa shape index (κ1) is 22.7. The van der Waals surface area contributed by atoms with Crippen LogP contribution < -0.4 is 15.8 Å². The standard InChI is InChI=1S/C28H28N4O3/c1-17-14-22(18(2)29-24-11-7-6-10-21(24)27(34)35)25-23(15-17)26(33)31(3)28(30-25)32-13-12-19-8-4-5-9-20(19)16-32/h4-11,14-15,18,29H,12-13,16H2,1-3H3,(H,34,35). The fourth-order valence-corrected chi connectivity index (χ4v) is 4.93. The number of aromatic carboxylic acids is 1. The molecule has 7 nitrogen and oxygen atoms in total. The maximum Gasteiger partial charge on any atom is 0.337 e. The lowest BCUT2D eigenvalue weighted by atomic mass is 9.99. The van der Waals surface area contributed by atoms with E-state index in [0.717, 1.165) is 24.1 Å². The van der Waals surface area contributed by atoms with Gasteiger partial charge < -0.3 is 15.3 Å². The van der Waals surface area contributed by atoms with E-state index >= 15 is 0 Å².